The van der Waals surface area contributed by atoms with Gasteiger partial charge < -0.3 is 10.0 Å². The van der Waals surface area contributed by atoms with Crippen LogP contribution in [0.1, 0.15) is 81.6 Å². The summed E-state index contributed by atoms with van der Waals surface area (Å²) < 4.78 is 0. The topological polar surface area (TPSA) is 57.6 Å². The van der Waals surface area contributed by atoms with Gasteiger partial charge in [0.25, 0.3) is 0 Å². The molecule has 5 rings (SSSR count). The predicted molar refractivity (Wildman–Crippen MR) is 126 cm³/mol. The zero-order valence-electron chi connectivity index (χ0n) is 19.9. The van der Waals surface area contributed by atoms with E-state index in [-0.39, 0.29) is 10.8 Å². The molecule has 1 aromatic rings. The second-order valence-electron chi connectivity index (χ2n) is 11.6. The van der Waals surface area contributed by atoms with Crippen molar-refractivity contribution in [2.45, 2.75) is 71.8 Å². The minimum Gasteiger partial charge on any atom is -0.478 e. The van der Waals surface area contributed by atoms with Crippen LogP contribution in [-0.4, -0.2) is 35.0 Å². The molecule has 172 valence electrons. The molecule has 1 aliphatic heterocycles. The number of aromatic carboxylic acids is 1. The lowest BCUT2D eigenvalue weighted by Gasteiger charge is -2.61. The Labute approximate surface area is 192 Å². The van der Waals surface area contributed by atoms with Gasteiger partial charge in [0.05, 0.1) is 5.56 Å². The van der Waals surface area contributed by atoms with Crippen LogP contribution in [0.4, 0.5) is 0 Å². The fourth-order valence-electron chi connectivity index (χ4n) is 8.54. The first-order valence-electron chi connectivity index (χ1n) is 12.5. The SMILES string of the molecule is CC1C[C@H]2[C@@H]3CC[C@H]4N(C)C(=O)CC[C@]4(C)[C@H]3CC[C@]2(C)/C1=C/c1ccc(C(=O)O)cc1. The molecule has 3 saturated carbocycles. The van der Waals surface area contributed by atoms with Crippen LogP contribution in [0.3, 0.4) is 0 Å². The lowest BCUT2D eigenvalue weighted by atomic mass is 9.47. The first-order valence-corrected chi connectivity index (χ1v) is 12.5. The van der Waals surface area contributed by atoms with Crippen molar-refractivity contribution in [3.8, 4) is 0 Å². The number of hydrogen-bond donors (Lipinski definition) is 1. The van der Waals surface area contributed by atoms with E-state index < -0.39 is 5.97 Å². The van der Waals surface area contributed by atoms with E-state index in [2.05, 4.69) is 31.7 Å². The van der Waals surface area contributed by atoms with Gasteiger partial charge >= 0.3 is 5.97 Å². The molecule has 1 unspecified atom stereocenters. The van der Waals surface area contributed by atoms with Crippen molar-refractivity contribution in [1.29, 1.82) is 0 Å². The number of likely N-dealkylation sites (tertiary alicyclic amines) is 1. The van der Waals surface area contributed by atoms with Gasteiger partial charge in [0.15, 0.2) is 0 Å². The third kappa shape index (κ3) is 3.08. The Morgan fingerprint density at radius 3 is 2.50 bits per heavy atom. The number of carboxylic acids is 1. The minimum absolute atomic E-state index is 0.228. The van der Waals surface area contributed by atoms with Crippen molar-refractivity contribution >= 4 is 18.0 Å². The number of carbonyl (C=O) groups excluding carboxylic acids is 1. The van der Waals surface area contributed by atoms with Crippen molar-refractivity contribution < 1.29 is 14.7 Å². The number of rotatable bonds is 2. The van der Waals surface area contributed by atoms with Crippen molar-refractivity contribution in [3.05, 3.63) is 41.0 Å². The van der Waals surface area contributed by atoms with Gasteiger partial charge in [-0.25, -0.2) is 4.79 Å². The number of benzene rings is 1. The third-order valence-corrected chi connectivity index (χ3v) is 10.2. The molecule has 3 aliphatic carbocycles. The number of carboxylic acid groups (broad SMARTS) is 1. The Morgan fingerprint density at radius 1 is 1.09 bits per heavy atom. The minimum atomic E-state index is -0.872. The number of hydrogen-bond acceptors (Lipinski definition) is 2. The van der Waals surface area contributed by atoms with Crippen LogP contribution in [0.15, 0.2) is 29.8 Å². The molecular weight excluding hydrogens is 398 g/mol. The molecule has 0 aromatic heterocycles. The maximum Gasteiger partial charge on any atom is 0.335 e. The number of carbonyl (C=O) groups is 2. The molecule has 4 nitrogen and oxygen atoms in total. The molecule has 1 aromatic carbocycles. The normalized spacial score (nSPS) is 42.4. The third-order valence-electron chi connectivity index (χ3n) is 10.2. The maximum atomic E-state index is 12.4. The van der Waals surface area contributed by atoms with Gasteiger partial charge in [-0.2, -0.15) is 0 Å². The molecule has 4 fully saturated rings. The largest absolute Gasteiger partial charge is 0.478 e. The Hall–Kier alpha value is -2.10. The number of piperidine rings is 1. The van der Waals surface area contributed by atoms with Crippen LogP contribution < -0.4 is 0 Å². The molecule has 0 spiro atoms. The molecule has 0 radical (unpaired) electrons. The monoisotopic (exact) mass is 435 g/mol. The Morgan fingerprint density at radius 2 is 1.81 bits per heavy atom. The van der Waals surface area contributed by atoms with Gasteiger partial charge in [0.1, 0.15) is 0 Å². The van der Waals surface area contributed by atoms with Crippen molar-refractivity contribution in [3.63, 3.8) is 0 Å². The van der Waals surface area contributed by atoms with Crippen LogP contribution in [0, 0.1) is 34.5 Å². The van der Waals surface area contributed by atoms with Crippen LogP contribution in [0.25, 0.3) is 6.08 Å². The summed E-state index contributed by atoms with van der Waals surface area (Å²) >= 11 is 0. The first kappa shape index (κ1) is 21.7. The first-order chi connectivity index (χ1) is 15.1. The zero-order chi connectivity index (χ0) is 22.8. The molecule has 32 heavy (non-hydrogen) atoms. The van der Waals surface area contributed by atoms with Crippen LogP contribution in [-0.2, 0) is 4.79 Å². The van der Waals surface area contributed by atoms with Crippen LogP contribution in [0.5, 0.6) is 0 Å². The predicted octanol–water partition coefficient (Wildman–Crippen LogP) is 5.88. The summed E-state index contributed by atoms with van der Waals surface area (Å²) in [6.45, 7) is 7.37. The maximum absolute atomic E-state index is 12.4. The summed E-state index contributed by atoms with van der Waals surface area (Å²) in [5.41, 5.74) is 3.51. The second kappa shape index (κ2) is 7.46. The molecule has 7 atom stereocenters. The van der Waals surface area contributed by atoms with E-state index in [9.17, 15) is 14.7 Å². The molecule has 1 amide bonds. The number of nitrogens with zero attached hydrogens (tertiary/aromatic N) is 1. The number of fused-ring (bicyclic) bond motifs is 5. The van der Waals surface area contributed by atoms with Crippen LogP contribution in [0.2, 0.25) is 0 Å². The Bertz CT molecular complexity index is 965. The molecule has 1 saturated heterocycles. The van der Waals surface area contributed by atoms with Gasteiger partial charge in [-0.05, 0) is 90.7 Å². The average Bonchev–Trinajstić information content (AvgIpc) is 3.02. The lowest BCUT2D eigenvalue weighted by molar-refractivity contribution is -0.156. The van der Waals surface area contributed by atoms with E-state index in [1.165, 1.54) is 25.7 Å². The van der Waals surface area contributed by atoms with Gasteiger partial charge in [0, 0.05) is 19.5 Å². The molecule has 4 heteroatoms. The summed E-state index contributed by atoms with van der Waals surface area (Å²) in [6, 6.07) is 7.75. The van der Waals surface area contributed by atoms with E-state index in [0.29, 0.717) is 35.8 Å². The van der Waals surface area contributed by atoms with Crippen molar-refractivity contribution in [2.24, 2.45) is 34.5 Å². The van der Waals surface area contributed by atoms with E-state index in [4.69, 9.17) is 0 Å². The van der Waals surface area contributed by atoms with Gasteiger partial charge in [-0.1, -0.05) is 44.6 Å². The summed E-state index contributed by atoms with van der Waals surface area (Å²) in [5.74, 6) is 2.20. The lowest BCUT2D eigenvalue weighted by Crippen LogP contribution is -2.61. The molecule has 1 N–H and O–H groups in total. The van der Waals surface area contributed by atoms with Crippen molar-refractivity contribution in [1.82, 2.24) is 4.90 Å². The standard InChI is InChI=1S/C28H37NO3/c1-17-15-23-20-9-10-24-28(3,14-12-25(30)29(24)4)21(20)11-13-27(23,2)22(17)16-18-5-7-19(8-6-18)26(31)32/h5-8,16-17,20-21,23-24H,9-15H2,1-4H3,(H,31,32)/b22-16+/t17?,20-,21+,23+,24-,27-,28-/m1/s1. The summed E-state index contributed by atoms with van der Waals surface area (Å²) in [6.07, 6.45) is 10.3. The fourth-order valence-corrected chi connectivity index (χ4v) is 8.54. The molecule has 0 bridgehead atoms. The number of amides is 1. The second-order valence-corrected chi connectivity index (χ2v) is 11.6. The Kier molecular flexibility index (Phi) is 5.07. The van der Waals surface area contributed by atoms with E-state index in [0.717, 1.165) is 30.2 Å². The van der Waals surface area contributed by atoms with E-state index in [1.54, 1.807) is 17.7 Å². The molecular formula is C28H37NO3. The highest BCUT2D eigenvalue weighted by Gasteiger charge is 2.61. The highest BCUT2D eigenvalue weighted by Crippen LogP contribution is 2.67. The average molecular weight is 436 g/mol. The molecule has 1 heterocycles. The van der Waals surface area contributed by atoms with Crippen molar-refractivity contribution in [2.75, 3.05) is 7.05 Å². The fraction of sp³-hybridized carbons (Fsp3) is 0.643. The quantitative estimate of drug-likeness (QED) is 0.631. The highest BCUT2D eigenvalue weighted by molar-refractivity contribution is 5.87. The highest BCUT2D eigenvalue weighted by atomic mass is 16.4. The summed E-state index contributed by atoms with van der Waals surface area (Å²) in [7, 11) is 2.03. The van der Waals surface area contributed by atoms with Gasteiger partial charge in [-0.3, -0.25) is 4.79 Å². The Balaban J connectivity index is 1.44. The summed E-state index contributed by atoms with van der Waals surface area (Å²) in [4.78, 5) is 25.7. The van der Waals surface area contributed by atoms with E-state index in [1.807, 2.05) is 19.2 Å². The number of allylic oxidation sites excluding steroid dienone is 1. The van der Waals surface area contributed by atoms with Gasteiger partial charge in [-0.15, -0.1) is 0 Å². The summed E-state index contributed by atoms with van der Waals surface area (Å²) in [5, 5.41) is 9.20. The van der Waals surface area contributed by atoms with E-state index >= 15 is 0 Å². The van der Waals surface area contributed by atoms with Crippen LogP contribution >= 0.6 is 0 Å². The van der Waals surface area contributed by atoms with Gasteiger partial charge in [0.2, 0.25) is 5.91 Å². The smallest absolute Gasteiger partial charge is 0.335 e. The zero-order valence-corrected chi connectivity index (χ0v) is 19.9. The molecule has 4 aliphatic rings.